The fourth-order valence-electron chi connectivity index (χ4n) is 3.45. The Morgan fingerprint density at radius 1 is 0.800 bits per heavy atom. The number of phenolic OH excluding ortho intramolecular Hbond substituents is 1. The van der Waals surface area contributed by atoms with Crippen LogP contribution in [-0.4, -0.2) is 45.1 Å². The number of carbonyl (C=O) groups excluding carboxylic acids is 2. The molecule has 1 aromatic carbocycles. The summed E-state index contributed by atoms with van der Waals surface area (Å²) in [4.78, 5) is 24.2. The van der Waals surface area contributed by atoms with Gasteiger partial charge in [-0.3, -0.25) is 9.59 Å². The second kappa shape index (κ2) is 13.4. The van der Waals surface area contributed by atoms with Crippen LogP contribution >= 0.6 is 0 Å². The Labute approximate surface area is 208 Å². The van der Waals surface area contributed by atoms with Gasteiger partial charge in [0.2, 0.25) is 28.8 Å². The predicted octanol–water partition coefficient (Wildman–Crippen LogP) is 5.54. The monoisotopic (exact) mass is 486 g/mol. The summed E-state index contributed by atoms with van der Waals surface area (Å²) >= 11 is 0. The zero-order valence-electron chi connectivity index (χ0n) is 22.5. The Kier molecular flexibility index (Phi) is 11.3. The number of benzene rings is 1. The van der Waals surface area contributed by atoms with Gasteiger partial charge in [0.1, 0.15) is 0 Å². The molecular formula is C28H38O7. The van der Waals surface area contributed by atoms with Gasteiger partial charge in [0.05, 0.1) is 28.4 Å². The molecule has 0 heterocycles. The van der Waals surface area contributed by atoms with Crippen LogP contribution in [0.15, 0.2) is 52.0 Å². The van der Waals surface area contributed by atoms with Crippen LogP contribution in [0.5, 0.6) is 17.2 Å². The van der Waals surface area contributed by atoms with Crippen LogP contribution in [0.1, 0.15) is 52.2 Å². The van der Waals surface area contributed by atoms with E-state index in [0.29, 0.717) is 35.5 Å². The van der Waals surface area contributed by atoms with Gasteiger partial charge in [0, 0.05) is 16.7 Å². The molecule has 0 bridgehead atoms. The fourth-order valence-corrected chi connectivity index (χ4v) is 3.45. The van der Waals surface area contributed by atoms with Crippen LogP contribution < -0.4 is 9.47 Å². The molecule has 0 spiro atoms. The molecule has 1 aliphatic carbocycles. The number of hydrogen-bond acceptors (Lipinski definition) is 7. The maximum absolute atomic E-state index is 12.2. The molecule has 1 aliphatic rings. The fraction of sp³-hybridized carbons (Fsp3) is 0.429. The minimum absolute atomic E-state index is 0.00902. The number of phenols is 1. The number of Topliss-reactive ketones (excluding diaryl/α,β-unsaturated/α-hetero) is 2. The van der Waals surface area contributed by atoms with E-state index in [2.05, 4.69) is 6.08 Å². The van der Waals surface area contributed by atoms with Crippen LogP contribution in [-0.2, 0) is 25.5 Å². The largest absolute Gasteiger partial charge is 0.504 e. The summed E-state index contributed by atoms with van der Waals surface area (Å²) in [6.45, 7) is 11.5. The molecule has 1 N–H and O–H groups in total. The highest BCUT2D eigenvalue weighted by atomic mass is 16.5. The summed E-state index contributed by atoms with van der Waals surface area (Å²) in [7, 11) is 5.80. The summed E-state index contributed by atoms with van der Waals surface area (Å²) in [6.07, 6.45) is 5.12. The molecule has 0 unspecified atom stereocenters. The zero-order valence-corrected chi connectivity index (χ0v) is 22.5. The third kappa shape index (κ3) is 7.25. The Hall–Kier alpha value is -3.48. The summed E-state index contributed by atoms with van der Waals surface area (Å²) in [5.41, 5.74) is 5.09. The predicted molar refractivity (Wildman–Crippen MR) is 137 cm³/mol. The van der Waals surface area contributed by atoms with Gasteiger partial charge in [-0.05, 0) is 66.0 Å². The Morgan fingerprint density at radius 2 is 1.31 bits per heavy atom. The summed E-state index contributed by atoms with van der Waals surface area (Å²) in [5.74, 6) is 0.543. The zero-order chi connectivity index (χ0) is 26.9. The number of allylic oxidation sites excluding steroid dienone is 6. The van der Waals surface area contributed by atoms with Crippen LogP contribution in [0.25, 0.3) is 0 Å². The SMILES string of the molecule is COC1=C(OC)C(=O)C(CC=C(C)C)=C(C)C1=O.COc1cc(C)c(CC=C(C)C)c(O)c1OC. The number of ether oxygens (including phenoxy) is 4. The Bertz CT molecular complexity index is 1080. The summed E-state index contributed by atoms with van der Waals surface area (Å²) in [6, 6.07) is 1.88. The van der Waals surface area contributed by atoms with Gasteiger partial charge in [-0.25, -0.2) is 0 Å². The van der Waals surface area contributed by atoms with Crippen molar-refractivity contribution in [2.45, 2.75) is 54.4 Å². The Balaban J connectivity index is 0.000000351. The highest BCUT2D eigenvalue weighted by molar-refractivity contribution is 6.23. The molecular weight excluding hydrogens is 448 g/mol. The first-order valence-electron chi connectivity index (χ1n) is 11.3. The molecule has 2 rings (SSSR count). The van der Waals surface area contributed by atoms with E-state index in [9.17, 15) is 14.7 Å². The maximum atomic E-state index is 12.2. The smallest absolute Gasteiger partial charge is 0.228 e. The normalized spacial score (nSPS) is 13.1. The van der Waals surface area contributed by atoms with E-state index in [0.717, 1.165) is 16.7 Å². The van der Waals surface area contributed by atoms with E-state index >= 15 is 0 Å². The highest BCUT2D eigenvalue weighted by Crippen LogP contribution is 2.41. The van der Waals surface area contributed by atoms with Crippen LogP contribution in [0, 0.1) is 6.92 Å². The molecule has 192 valence electrons. The van der Waals surface area contributed by atoms with E-state index in [1.54, 1.807) is 14.0 Å². The van der Waals surface area contributed by atoms with Crippen molar-refractivity contribution < 1.29 is 33.6 Å². The van der Waals surface area contributed by atoms with Gasteiger partial charge in [0.15, 0.2) is 11.5 Å². The number of hydrogen-bond donors (Lipinski definition) is 1. The summed E-state index contributed by atoms with van der Waals surface area (Å²) < 4.78 is 20.3. The number of methoxy groups -OCH3 is 4. The molecule has 0 radical (unpaired) electrons. The molecule has 0 amide bonds. The first kappa shape index (κ1) is 29.6. The molecule has 0 aliphatic heterocycles. The minimum Gasteiger partial charge on any atom is -0.504 e. The van der Waals surface area contributed by atoms with Crippen molar-refractivity contribution in [2.24, 2.45) is 0 Å². The third-order valence-corrected chi connectivity index (χ3v) is 5.50. The average molecular weight is 487 g/mol. The van der Waals surface area contributed by atoms with Gasteiger partial charge in [-0.1, -0.05) is 23.3 Å². The number of aryl methyl sites for hydroxylation is 1. The van der Waals surface area contributed by atoms with Crippen LogP contribution in [0.3, 0.4) is 0 Å². The molecule has 35 heavy (non-hydrogen) atoms. The minimum atomic E-state index is -0.286. The van der Waals surface area contributed by atoms with Crippen molar-refractivity contribution in [1.82, 2.24) is 0 Å². The molecule has 7 nitrogen and oxygen atoms in total. The number of ketones is 2. The van der Waals surface area contributed by atoms with E-state index in [1.807, 2.05) is 46.8 Å². The number of carbonyl (C=O) groups is 2. The average Bonchev–Trinajstić information content (AvgIpc) is 2.80. The quantitative estimate of drug-likeness (QED) is 0.381. The molecule has 0 saturated carbocycles. The van der Waals surface area contributed by atoms with Crippen LogP contribution in [0.4, 0.5) is 0 Å². The lowest BCUT2D eigenvalue weighted by Crippen LogP contribution is -2.24. The first-order chi connectivity index (χ1) is 16.4. The van der Waals surface area contributed by atoms with E-state index < -0.39 is 0 Å². The van der Waals surface area contributed by atoms with Crippen molar-refractivity contribution in [3.63, 3.8) is 0 Å². The molecule has 0 saturated heterocycles. The standard InChI is InChI=1S/C14H18O4.C14H20O3/c1-8(2)6-7-10-9(3)11(15)13(17-4)14(18-5)12(10)16;1-9(2)6-7-11-10(3)8-12(16-4)14(17-5)13(11)15/h6H,7H2,1-5H3;6,8,15H,7H2,1-5H3. The second-order valence-corrected chi connectivity index (χ2v) is 8.56. The van der Waals surface area contributed by atoms with Crippen molar-refractivity contribution in [3.8, 4) is 17.2 Å². The van der Waals surface area contributed by atoms with Crippen molar-refractivity contribution in [1.29, 1.82) is 0 Å². The van der Waals surface area contributed by atoms with Gasteiger partial charge >= 0.3 is 0 Å². The lowest BCUT2D eigenvalue weighted by Gasteiger charge is -2.19. The molecule has 0 atom stereocenters. The molecule has 7 heteroatoms. The first-order valence-corrected chi connectivity index (χ1v) is 11.3. The van der Waals surface area contributed by atoms with Gasteiger partial charge in [-0.2, -0.15) is 0 Å². The molecule has 0 aromatic heterocycles. The lowest BCUT2D eigenvalue weighted by molar-refractivity contribution is -0.121. The van der Waals surface area contributed by atoms with Crippen LogP contribution in [0.2, 0.25) is 0 Å². The molecule has 1 aromatic rings. The van der Waals surface area contributed by atoms with E-state index in [1.165, 1.54) is 26.9 Å². The maximum Gasteiger partial charge on any atom is 0.228 e. The second-order valence-electron chi connectivity index (χ2n) is 8.56. The third-order valence-electron chi connectivity index (χ3n) is 5.50. The molecule has 0 fully saturated rings. The summed E-state index contributed by atoms with van der Waals surface area (Å²) in [5, 5.41) is 10.2. The van der Waals surface area contributed by atoms with Crippen molar-refractivity contribution in [3.05, 3.63) is 63.2 Å². The van der Waals surface area contributed by atoms with Gasteiger partial charge < -0.3 is 24.1 Å². The van der Waals surface area contributed by atoms with E-state index in [-0.39, 0.29) is 28.8 Å². The van der Waals surface area contributed by atoms with Crippen molar-refractivity contribution in [2.75, 3.05) is 28.4 Å². The lowest BCUT2D eigenvalue weighted by atomic mass is 9.90. The highest BCUT2D eigenvalue weighted by Gasteiger charge is 2.33. The van der Waals surface area contributed by atoms with Gasteiger partial charge in [0.25, 0.3) is 0 Å². The topological polar surface area (TPSA) is 91.3 Å². The van der Waals surface area contributed by atoms with Gasteiger partial charge in [-0.15, -0.1) is 0 Å². The Morgan fingerprint density at radius 3 is 1.77 bits per heavy atom. The van der Waals surface area contributed by atoms with E-state index in [4.69, 9.17) is 18.9 Å². The van der Waals surface area contributed by atoms with Crippen molar-refractivity contribution >= 4 is 11.6 Å². The number of rotatable bonds is 8. The number of aromatic hydroxyl groups is 1.